The monoisotopic (exact) mass is 421 g/mol. The molecule has 2 N–H and O–H groups in total. The molecule has 1 aliphatic heterocycles. The highest BCUT2D eigenvalue weighted by Crippen LogP contribution is 2.30. The Morgan fingerprint density at radius 2 is 1.86 bits per heavy atom. The summed E-state index contributed by atoms with van der Waals surface area (Å²) in [4.78, 5) is 17.4. The molecule has 2 aromatic rings. The number of aromatic nitrogens is 3. The lowest BCUT2D eigenvalue weighted by atomic mass is 10.0. The Kier molecular flexibility index (Phi) is 5.57. The van der Waals surface area contributed by atoms with Crippen molar-refractivity contribution >= 4 is 5.91 Å². The van der Waals surface area contributed by atoms with E-state index in [0.717, 1.165) is 4.68 Å². The molecule has 1 aromatic heterocycles. The van der Waals surface area contributed by atoms with Crippen molar-refractivity contribution in [2.75, 3.05) is 6.54 Å². The van der Waals surface area contributed by atoms with Crippen LogP contribution in [-0.4, -0.2) is 38.2 Å². The number of halogens is 6. The number of carbonyl (C=O) groups excluding carboxylic acids is 1. The van der Waals surface area contributed by atoms with E-state index < -0.39 is 47.4 Å². The van der Waals surface area contributed by atoms with Crippen molar-refractivity contribution in [3.05, 3.63) is 46.8 Å². The molecule has 0 unspecified atom stereocenters. The normalized spacial score (nSPS) is 17.9. The van der Waals surface area contributed by atoms with E-state index >= 15 is 0 Å². The largest absolute Gasteiger partial charge is 0.453 e. The van der Waals surface area contributed by atoms with Gasteiger partial charge in [-0.25, -0.2) is 22.8 Å². The van der Waals surface area contributed by atoms with Gasteiger partial charge in [-0.1, -0.05) is 0 Å². The second kappa shape index (κ2) is 7.65. The fraction of sp³-hybridized carbons (Fsp3) is 0.471. The molecule has 6 nitrogen and oxygen atoms in total. The summed E-state index contributed by atoms with van der Waals surface area (Å²) in [6.07, 6.45) is -5.18. The first kappa shape index (κ1) is 21.1. The molecule has 12 heteroatoms. The van der Waals surface area contributed by atoms with E-state index in [4.69, 9.17) is 5.73 Å². The summed E-state index contributed by atoms with van der Waals surface area (Å²) in [6.45, 7) is 1.64. The van der Waals surface area contributed by atoms with Gasteiger partial charge < -0.3 is 10.6 Å². The van der Waals surface area contributed by atoms with Crippen molar-refractivity contribution in [1.29, 1.82) is 0 Å². The highest BCUT2D eigenvalue weighted by Gasteiger charge is 2.40. The highest BCUT2D eigenvalue weighted by atomic mass is 19.4. The molecule has 0 saturated carbocycles. The summed E-state index contributed by atoms with van der Waals surface area (Å²) in [5, 5.41) is 3.42. The Labute approximate surface area is 161 Å². The van der Waals surface area contributed by atoms with E-state index in [1.54, 1.807) is 0 Å². The molecule has 0 spiro atoms. The van der Waals surface area contributed by atoms with Gasteiger partial charge in [0, 0.05) is 25.1 Å². The Balaban J connectivity index is 1.68. The zero-order valence-corrected chi connectivity index (χ0v) is 15.2. The van der Waals surface area contributed by atoms with E-state index in [0.29, 0.717) is 12.1 Å². The number of hydrogen-bond donors (Lipinski definition) is 1. The SMILES string of the molecule is C[C@@H]1c2nc(C(F)(F)F)nn2CCN1C(=O)C[C@H](N)Cc1cc(F)c(F)cc1F. The predicted molar refractivity (Wildman–Crippen MR) is 87.8 cm³/mol. The van der Waals surface area contributed by atoms with Crippen molar-refractivity contribution in [2.24, 2.45) is 5.73 Å². The van der Waals surface area contributed by atoms with Crippen molar-refractivity contribution < 1.29 is 31.1 Å². The van der Waals surface area contributed by atoms with Crippen LogP contribution in [0.4, 0.5) is 26.3 Å². The number of carbonyl (C=O) groups is 1. The van der Waals surface area contributed by atoms with Crippen LogP contribution in [0.15, 0.2) is 12.1 Å². The summed E-state index contributed by atoms with van der Waals surface area (Å²) in [5.74, 6) is -5.30. The fourth-order valence-corrected chi connectivity index (χ4v) is 3.24. The van der Waals surface area contributed by atoms with Crippen LogP contribution in [0.1, 0.15) is 36.6 Å². The standard InChI is InChI=1S/C17H17F6N5O/c1-8-15-25-16(17(21,22)23)26-28(15)3-2-27(8)14(29)6-10(24)4-9-5-12(19)13(20)7-11(9)18/h5,7-8,10H,2-4,6,24H2,1H3/t8-,10-/m1/s1. The van der Waals surface area contributed by atoms with Gasteiger partial charge in [0.1, 0.15) is 11.6 Å². The van der Waals surface area contributed by atoms with Crippen LogP contribution >= 0.6 is 0 Å². The molecule has 0 fully saturated rings. The Bertz CT molecular complexity index is 928. The van der Waals surface area contributed by atoms with Crippen LogP contribution in [0.25, 0.3) is 0 Å². The van der Waals surface area contributed by atoms with Crippen LogP contribution < -0.4 is 5.73 Å². The zero-order valence-electron chi connectivity index (χ0n) is 15.2. The molecular formula is C17H17F6N5O. The maximum atomic E-state index is 13.7. The number of alkyl halides is 3. The molecule has 2 heterocycles. The van der Waals surface area contributed by atoms with Gasteiger partial charge in [-0.05, 0) is 25.0 Å². The van der Waals surface area contributed by atoms with Gasteiger partial charge in [-0.3, -0.25) is 4.79 Å². The van der Waals surface area contributed by atoms with Crippen LogP contribution in [0, 0.1) is 17.5 Å². The molecule has 29 heavy (non-hydrogen) atoms. The van der Waals surface area contributed by atoms with Crippen LogP contribution in [-0.2, 0) is 23.9 Å². The van der Waals surface area contributed by atoms with Gasteiger partial charge in [0.05, 0.1) is 12.6 Å². The van der Waals surface area contributed by atoms with Crippen LogP contribution in [0.2, 0.25) is 0 Å². The minimum atomic E-state index is -4.70. The molecule has 1 aliphatic rings. The minimum absolute atomic E-state index is 0.00264. The number of nitrogens with two attached hydrogens (primary N) is 1. The fourth-order valence-electron chi connectivity index (χ4n) is 3.24. The summed E-state index contributed by atoms with van der Waals surface area (Å²) in [5.41, 5.74) is 5.68. The minimum Gasteiger partial charge on any atom is -0.331 e. The predicted octanol–water partition coefficient (Wildman–Crippen LogP) is 2.58. The summed E-state index contributed by atoms with van der Waals surface area (Å²) in [6, 6.07) is -0.594. The van der Waals surface area contributed by atoms with E-state index in [1.807, 2.05) is 0 Å². The number of benzene rings is 1. The highest BCUT2D eigenvalue weighted by molar-refractivity contribution is 5.77. The maximum Gasteiger partial charge on any atom is 0.453 e. The average molecular weight is 421 g/mol. The Morgan fingerprint density at radius 1 is 1.21 bits per heavy atom. The van der Waals surface area contributed by atoms with Gasteiger partial charge in [-0.2, -0.15) is 13.2 Å². The molecule has 1 amide bonds. The molecule has 0 bridgehead atoms. The topological polar surface area (TPSA) is 77.0 Å². The molecule has 0 saturated heterocycles. The molecule has 158 valence electrons. The van der Waals surface area contributed by atoms with Crippen molar-refractivity contribution in [1.82, 2.24) is 19.7 Å². The lowest BCUT2D eigenvalue weighted by molar-refractivity contribution is -0.145. The van der Waals surface area contributed by atoms with Gasteiger partial charge in [0.15, 0.2) is 11.6 Å². The van der Waals surface area contributed by atoms with Gasteiger partial charge in [0.2, 0.25) is 5.91 Å². The first-order valence-electron chi connectivity index (χ1n) is 8.67. The number of amides is 1. The summed E-state index contributed by atoms with van der Waals surface area (Å²) >= 11 is 0. The van der Waals surface area contributed by atoms with E-state index in [2.05, 4.69) is 10.1 Å². The van der Waals surface area contributed by atoms with Gasteiger partial charge >= 0.3 is 6.18 Å². The quantitative estimate of drug-likeness (QED) is 0.608. The summed E-state index contributed by atoms with van der Waals surface area (Å²) < 4.78 is 79.6. The third kappa shape index (κ3) is 4.36. The Morgan fingerprint density at radius 3 is 2.52 bits per heavy atom. The second-order valence-corrected chi connectivity index (χ2v) is 6.80. The van der Waals surface area contributed by atoms with E-state index in [-0.39, 0.29) is 37.3 Å². The van der Waals surface area contributed by atoms with Crippen molar-refractivity contribution in [3.63, 3.8) is 0 Å². The van der Waals surface area contributed by atoms with Crippen LogP contribution in [0.3, 0.4) is 0 Å². The summed E-state index contributed by atoms with van der Waals surface area (Å²) in [7, 11) is 0. The lowest BCUT2D eigenvalue weighted by Crippen LogP contribution is -2.43. The molecule has 0 aliphatic carbocycles. The third-order valence-electron chi connectivity index (χ3n) is 4.68. The number of hydrogen-bond acceptors (Lipinski definition) is 4. The smallest absolute Gasteiger partial charge is 0.331 e. The molecular weight excluding hydrogens is 404 g/mol. The number of rotatable bonds is 4. The second-order valence-electron chi connectivity index (χ2n) is 6.80. The zero-order chi connectivity index (χ0) is 21.5. The first-order chi connectivity index (χ1) is 13.5. The first-order valence-corrected chi connectivity index (χ1v) is 8.67. The van der Waals surface area contributed by atoms with Gasteiger partial charge in [0.25, 0.3) is 5.82 Å². The third-order valence-corrected chi connectivity index (χ3v) is 4.68. The van der Waals surface area contributed by atoms with Crippen molar-refractivity contribution in [2.45, 2.75) is 44.6 Å². The lowest BCUT2D eigenvalue weighted by Gasteiger charge is -2.33. The van der Waals surface area contributed by atoms with Crippen LogP contribution in [0.5, 0.6) is 0 Å². The number of fused-ring (bicyclic) bond motifs is 1. The molecule has 3 rings (SSSR count). The maximum absolute atomic E-state index is 13.7. The van der Waals surface area contributed by atoms with Crippen molar-refractivity contribution in [3.8, 4) is 0 Å². The molecule has 1 aromatic carbocycles. The van der Waals surface area contributed by atoms with Gasteiger partial charge in [-0.15, -0.1) is 5.10 Å². The molecule has 2 atom stereocenters. The van der Waals surface area contributed by atoms with E-state index in [1.165, 1.54) is 11.8 Å². The molecule has 0 radical (unpaired) electrons. The van der Waals surface area contributed by atoms with E-state index in [9.17, 15) is 31.1 Å². The Hall–Kier alpha value is -2.63. The number of nitrogens with zero attached hydrogens (tertiary/aromatic N) is 4. The average Bonchev–Trinajstić information content (AvgIpc) is 3.05.